The van der Waals surface area contributed by atoms with Crippen LogP contribution in [0.3, 0.4) is 0 Å². The molecule has 0 bridgehead atoms. The molecule has 2 rings (SSSR count). The number of aromatic nitrogens is 2. The summed E-state index contributed by atoms with van der Waals surface area (Å²) in [7, 11) is 1.82. The largest absolute Gasteiger partial charge is 0.492 e. The third-order valence-electron chi connectivity index (χ3n) is 3.03. The molecule has 0 aliphatic rings. The van der Waals surface area contributed by atoms with Crippen molar-refractivity contribution in [3.05, 3.63) is 28.1 Å². The summed E-state index contributed by atoms with van der Waals surface area (Å²) in [5.74, 6) is 1.14. The van der Waals surface area contributed by atoms with Gasteiger partial charge in [-0.2, -0.15) is 5.10 Å². The predicted octanol–water partition coefficient (Wildman–Crippen LogP) is 3.43. The zero-order valence-electron chi connectivity index (χ0n) is 13.1. The molecular weight excluding hydrogens is 286 g/mol. The minimum absolute atomic E-state index is 0.0554. The highest BCUT2D eigenvalue weighted by Crippen LogP contribution is 2.27. The molecule has 2 heterocycles. The first-order chi connectivity index (χ1) is 9.82. The van der Waals surface area contributed by atoms with Gasteiger partial charge in [0.1, 0.15) is 16.4 Å². The van der Waals surface area contributed by atoms with Crippen LogP contribution in [0.1, 0.15) is 43.1 Å². The maximum absolute atomic E-state index is 12.4. The van der Waals surface area contributed by atoms with Crippen LogP contribution in [0.25, 0.3) is 0 Å². The van der Waals surface area contributed by atoms with Crippen molar-refractivity contribution in [3.63, 3.8) is 0 Å². The van der Waals surface area contributed by atoms with Crippen molar-refractivity contribution in [3.8, 4) is 5.75 Å². The van der Waals surface area contributed by atoms with Crippen molar-refractivity contribution in [1.82, 2.24) is 9.78 Å². The van der Waals surface area contributed by atoms with Gasteiger partial charge in [0.05, 0.1) is 12.3 Å². The van der Waals surface area contributed by atoms with Crippen molar-refractivity contribution in [2.24, 2.45) is 7.05 Å². The van der Waals surface area contributed by atoms with Crippen LogP contribution < -0.4 is 10.1 Å². The molecule has 0 aromatic carbocycles. The van der Waals surface area contributed by atoms with Crippen LogP contribution in [0.5, 0.6) is 5.75 Å². The van der Waals surface area contributed by atoms with Crippen molar-refractivity contribution in [2.75, 3.05) is 11.9 Å². The number of amides is 1. The number of carbonyl (C=O) groups is 1. The number of rotatable bonds is 4. The highest BCUT2D eigenvalue weighted by Gasteiger charge is 2.21. The fourth-order valence-electron chi connectivity index (χ4n) is 1.86. The number of ether oxygens (including phenoxy) is 1. The molecule has 2 aromatic rings. The summed E-state index contributed by atoms with van der Waals surface area (Å²) in [6.07, 6.45) is 0. The Morgan fingerprint density at radius 1 is 1.48 bits per heavy atom. The maximum Gasteiger partial charge on any atom is 0.270 e. The van der Waals surface area contributed by atoms with Gasteiger partial charge in [-0.3, -0.25) is 9.48 Å². The van der Waals surface area contributed by atoms with Gasteiger partial charge in [-0.25, -0.2) is 0 Å². The first-order valence-electron chi connectivity index (χ1n) is 6.89. The van der Waals surface area contributed by atoms with E-state index in [0.717, 1.165) is 5.69 Å². The van der Waals surface area contributed by atoms with Gasteiger partial charge in [-0.05, 0) is 18.4 Å². The van der Waals surface area contributed by atoms with Crippen LogP contribution in [-0.4, -0.2) is 22.3 Å². The molecule has 0 saturated heterocycles. The van der Waals surface area contributed by atoms with Gasteiger partial charge in [0, 0.05) is 18.5 Å². The van der Waals surface area contributed by atoms with Crippen LogP contribution in [-0.2, 0) is 12.5 Å². The van der Waals surface area contributed by atoms with E-state index in [2.05, 4.69) is 31.2 Å². The van der Waals surface area contributed by atoms with E-state index < -0.39 is 0 Å². The fraction of sp³-hybridized carbons (Fsp3) is 0.467. The second kappa shape index (κ2) is 5.89. The van der Waals surface area contributed by atoms with E-state index in [4.69, 9.17) is 4.74 Å². The molecule has 0 unspecified atom stereocenters. The molecule has 21 heavy (non-hydrogen) atoms. The smallest absolute Gasteiger partial charge is 0.270 e. The van der Waals surface area contributed by atoms with E-state index in [1.165, 1.54) is 11.3 Å². The Hall–Kier alpha value is -1.82. The molecule has 1 N–H and O–H groups in total. The summed E-state index contributed by atoms with van der Waals surface area (Å²) in [6, 6.07) is 3.72. The van der Waals surface area contributed by atoms with Crippen molar-refractivity contribution in [1.29, 1.82) is 0 Å². The third kappa shape index (κ3) is 3.44. The summed E-state index contributed by atoms with van der Waals surface area (Å²) in [6.45, 7) is 8.71. The van der Waals surface area contributed by atoms with Gasteiger partial charge in [0.15, 0.2) is 0 Å². The molecule has 0 radical (unpaired) electrons. The molecule has 2 aromatic heterocycles. The van der Waals surface area contributed by atoms with E-state index in [-0.39, 0.29) is 11.3 Å². The molecular formula is C15H21N3O2S. The van der Waals surface area contributed by atoms with Crippen LogP contribution in [0.4, 0.5) is 5.82 Å². The van der Waals surface area contributed by atoms with Crippen LogP contribution >= 0.6 is 11.3 Å². The molecule has 0 aliphatic heterocycles. The number of carbonyl (C=O) groups excluding carboxylic acids is 1. The van der Waals surface area contributed by atoms with Crippen LogP contribution in [0.15, 0.2) is 17.5 Å². The van der Waals surface area contributed by atoms with E-state index in [1.54, 1.807) is 4.68 Å². The number of aryl methyl sites for hydroxylation is 1. The zero-order chi connectivity index (χ0) is 15.6. The quantitative estimate of drug-likeness (QED) is 0.941. The summed E-state index contributed by atoms with van der Waals surface area (Å²) in [5.41, 5.74) is 0.886. The number of thiophene rings is 1. The van der Waals surface area contributed by atoms with Crippen molar-refractivity contribution >= 4 is 23.1 Å². The standard InChI is InChI=1S/C15H21N3O2S/c1-6-20-10-7-8-21-13(10)14(19)16-12-9-11(15(2,3)4)17-18(12)5/h7-9H,6H2,1-5H3,(H,16,19). The zero-order valence-corrected chi connectivity index (χ0v) is 13.9. The first kappa shape index (κ1) is 15.6. The third-order valence-corrected chi connectivity index (χ3v) is 3.92. The number of hydrogen-bond acceptors (Lipinski definition) is 4. The fourth-order valence-corrected chi connectivity index (χ4v) is 2.58. The lowest BCUT2D eigenvalue weighted by molar-refractivity contribution is 0.102. The van der Waals surface area contributed by atoms with E-state index >= 15 is 0 Å². The predicted molar refractivity (Wildman–Crippen MR) is 85.3 cm³/mol. The lowest BCUT2D eigenvalue weighted by atomic mass is 9.92. The Morgan fingerprint density at radius 2 is 2.19 bits per heavy atom. The number of nitrogens with zero attached hydrogens (tertiary/aromatic N) is 2. The van der Waals surface area contributed by atoms with E-state index in [1.807, 2.05) is 31.5 Å². The van der Waals surface area contributed by atoms with Gasteiger partial charge in [0.25, 0.3) is 5.91 Å². The van der Waals surface area contributed by atoms with Gasteiger partial charge in [-0.15, -0.1) is 11.3 Å². The Morgan fingerprint density at radius 3 is 2.76 bits per heavy atom. The van der Waals surface area contributed by atoms with Gasteiger partial charge in [-0.1, -0.05) is 20.8 Å². The molecule has 114 valence electrons. The Bertz CT molecular complexity index is 638. The first-order valence-corrected chi connectivity index (χ1v) is 7.77. The number of hydrogen-bond donors (Lipinski definition) is 1. The van der Waals surface area contributed by atoms with Crippen molar-refractivity contribution in [2.45, 2.75) is 33.1 Å². The Labute approximate surface area is 128 Å². The lowest BCUT2D eigenvalue weighted by Crippen LogP contribution is -2.14. The van der Waals surface area contributed by atoms with Crippen molar-refractivity contribution < 1.29 is 9.53 Å². The molecule has 0 aliphatic carbocycles. The van der Waals surface area contributed by atoms with Gasteiger partial charge >= 0.3 is 0 Å². The van der Waals surface area contributed by atoms with Gasteiger partial charge < -0.3 is 10.1 Å². The van der Waals surface area contributed by atoms with Crippen LogP contribution in [0, 0.1) is 0 Å². The average Bonchev–Trinajstić information content (AvgIpc) is 2.97. The molecule has 0 atom stereocenters. The summed E-state index contributed by atoms with van der Waals surface area (Å²) >= 11 is 1.37. The summed E-state index contributed by atoms with van der Waals surface area (Å²) in [5, 5.41) is 9.20. The monoisotopic (exact) mass is 307 g/mol. The lowest BCUT2D eigenvalue weighted by Gasteiger charge is -2.13. The van der Waals surface area contributed by atoms with E-state index in [0.29, 0.717) is 23.1 Å². The number of nitrogens with one attached hydrogen (secondary N) is 1. The highest BCUT2D eigenvalue weighted by molar-refractivity contribution is 7.12. The summed E-state index contributed by atoms with van der Waals surface area (Å²) in [4.78, 5) is 12.9. The SMILES string of the molecule is CCOc1ccsc1C(=O)Nc1cc(C(C)(C)C)nn1C. The Kier molecular flexibility index (Phi) is 4.37. The second-order valence-corrected chi connectivity index (χ2v) is 6.71. The molecule has 0 spiro atoms. The molecule has 1 amide bonds. The second-order valence-electron chi connectivity index (χ2n) is 5.79. The maximum atomic E-state index is 12.4. The van der Waals surface area contributed by atoms with Gasteiger partial charge in [0.2, 0.25) is 0 Å². The molecule has 0 fully saturated rings. The Balaban J connectivity index is 2.20. The molecule has 6 heteroatoms. The molecule has 0 saturated carbocycles. The topological polar surface area (TPSA) is 56.1 Å². The molecule has 5 nitrogen and oxygen atoms in total. The number of anilines is 1. The van der Waals surface area contributed by atoms with Crippen LogP contribution in [0.2, 0.25) is 0 Å². The summed E-state index contributed by atoms with van der Waals surface area (Å²) < 4.78 is 7.14. The average molecular weight is 307 g/mol. The minimum Gasteiger partial charge on any atom is -0.492 e. The van der Waals surface area contributed by atoms with E-state index in [9.17, 15) is 4.79 Å². The minimum atomic E-state index is -0.170. The normalized spacial score (nSPS) is 11.5. The highest BCUT2D eigenvalue weighted by atomic mass is 32.1.